The third kappa shape index (κ3) is 4.18. The third-order valence-corrected chi connectivity index (χ3v) is 5.10. The Bertz CT molecular complexity index is 1270. The van der Waals surface area contributed by atoms with Crippen LogP contribution in [0, 0.1) is 6.92 Å². The van der Waals surface area contributed by atoms with Gasteiger partial charge >= 0.3 is 0 Å². The smallest absolute Gasteiger partial charge is 0.258 e. The quantitative estimate of drug-likeness (QED) is 0.352. The Morgan fingerprint density at radius 3 is 2.80 bits per heavy atom. The number of nitrogens with two attached hydrogens (primary N) is 1. The van der Waals surface area contributed by atoms with Crippen LogP contribution in [0.25, 0.3) is 22.2 Å². The van der Waals surface area contributed by atoms with E-state index < -0.39 is 0 Å². The van der Waals surface area contributed by atoms with Crippen molar-refractivity contribution in [2.45, 2.75) is 6.92 Å². The van der Waals surface area contributed by atoms with E-state index in [0.717, 1.165) is 16.8 Å². The topological polar surface area (TPSA) is 122 Å². The summed E-state index contributed by atoms with van der Waals surface area (Å²) in [4.78, 5) is 27.1. The summed E-state index contributed by atoms with van der Waals surface area (Å²) in [6.07, 6.45) is 1.40. The molecular weight excluding hydrogens is 402 g/mol. The van der Waals surface area contributed by atoms with E-state index in [9.17, 15) is 4.79 Å². The van der Waals surface area contributed by atoms with Crippen molar-refractivity contribution in [2.24, 2.45) is 0 Å². The van der Waals surface area contributed by atoms with Gasteiger partial charge < -0.3 is 21.4 Å². The van der Waals surface area contributed by atoms with E-state index in [1.165, 1.54) is 6.33 Å². The second kappa shape index (κ2) is 8.38. The molecule has 8 nitrogen and oxygen atoms in total. The van der Waals surface area contributed by atoms with E-state index in [4.69, 9.17) is 17.3 Å². The molecule has 9 heteroatoms. The van der Waals surface area contributed by atoms with Crippen molar-refractivity contribution in [1.29, 1.82) is 0 Å². The first-order valence-corrected chi connectivity index (χ1v) is 9.74. The number of aromatic amines is 1. The molecule has 0 saturated carbocycles. The predicted molar refractivity (Wildman–Crippen MR) is 121 cm³/mol. The summed E-state index contributed by atoms with van der Waals surface area (Å²) < 4.78 is 0. The van der Waals surface area contributed by atoms with Gasteiger partial charge in [0.05, 0.1) is 22.9 Å². The number of benzene rings is 2. The normalized spacial score (nSPS) is 10.9. The molecule has 0 atom stereocenters. The fourth-order valence-corrected chi connectivity index (χ4v) is 3.33. The molecule has 2 heterocycles. The van der Waals surface area contributed by atoms with Crippen molar-refractivity contribution >= 4 is 40.0 Å². The van der Waals surface area contributed by atoms with Crippen LogP contribution in [-0.2, 0) is 0 Å². The summed E-state index contributed by atoms with van der Waals surface area (Å²) in [6.45, 7) is 3.18. The highest BCUT2D eigenvalue weighted by molar-refractivity contribution is 6.31. The minimum Gasteiger partial charge on any atom is -0.383 e. The highest BCUT2D eigenvalue weighted by Crippen LogP contribution is 2.28. The SMILES string of the molecule is Cc1c(Cl)cccc1-c1cc(NCCNc2ccc3c(=O)[nH]cnc3c2)nc(N)n1. The molecule has 0 fully saturated rings. The second-order valence-electron chi connectivity index (χ2n) is 6.73. The van der Waals surface area contributed by atoms with Crippen LogP contribution >= 0.6 is 11.6 Å². The maximum Gasteiger partial charge on any atom is 0.258 e. The predicted octanol–water partition coefficient (Wildman–Crippen LogP) is 3.45. The number of halogens is 1. The molecule has 4 rings (SSSR count). The van der Waals surface area contributed by atoms with Crippen molar-refractivity contribution in [3.63, 3.8) is 0 Å². The molecule has 0 saturated heterocycles. The Hall–Kier alpha value is -3.65. The van der Waals surface area contributed by atoms with Crippen molar-refractivity contribution in [3.8, 4) is 11.3 Å². The first-order valence-electron chi connectivity index (χ1n) is 9.36. The molecular formula is C21H20ClN7O. The van der Waals surface area contributed by atoms with Gasteiger partial charge in [-0.3, -0.25) is 4.79 Å². The minimum atomic E-state index is -0.152. The zero-order valence-electron chi connectivity index (χ0n) is 16.2. The Balaban J connectivity index is 1.42. The monoisotopic (exact) mass is 421 g/mol. The molecule has 0 aliphatic carbocycles. The van der Waals surface area contributed by atoms with Gasteiger partial charge in [-0.05, 0) is 36.8 Å². The molecule has 0 amide bonds. The van der Waals surface area contributed by atoms with E-state index in [1.54, 1.807) is 6.07 Å². The zero-order valence-corrected chi connectivity index (χ0v) is 17.0. The maximum atomic E-state index is 11.7. The summed E-state index contributed by atoms with van der Waals surface area (Å²) in [5.74, 6) is 0.818. The molecule has 0 bridgehead atoms. The standard InChI is InChI=1S/C21H20ClN7O/c1-12-14(3-2-4-16(12)22)18-10-19(29-21(23)28-18)25-8-7-24-13-5-6-15-17(9-13)26-11-27-20(15)30/h2-6,9-11,24H,7-8H2,1H3,(H,26,27,30)(H3,23,25,28,29). The van der Waals surface area contributed by atoms with Gasteiger partial charge in [0.1, 0.15) is 5.82 Å². The fourth-order valence-electron chi connectivity index (χ4n) is 3.16. The van der Waals surface area contributed by atoms with Crippen LogP contribution in [0.2, 0.25) is 5.02 Å². The number of fused-ring (bicyclic) bond motifs is 1. The van der Waals surface area contributed by atoms with E-state index >= 15 is 0 Å². The van der Waals surface area contributed by atoms with E-state index in [-0.39, 0.29) is 11.5 Å². The van der Waals surface area contributed by atoms with E-state index in [0.29, 0.717) is 40.5 Å². The second-order valence-corrected chi connectivity index (χ2v) is 7.13. The van der Waals surface area contributed by atoms with Gasteiger partial charge in [-0.25, -0.2) is 9.97 Å². The zero-order chi connectivity index (χ0) is 21.1. The van der Waals surface area contributed by atoms with Gasteiger partial charge in [-0.1, -0.05) is 23.7 Å². The van der Waals surface area contributed by atoms with Gasteiger partial charge in [0.2, 0.25) is 5.95 Å². The number of hydrogen-bond acceptors (Lipinski definition) is 7. The number of hydrogen-bond donors (Lipinski definition) is 4. The fraction of sp³-hybridized carbons (Fsp3) is 0.143. The molecule has 0 spiro atoms. The molecule has 152 valence electrons. The number of nitrogens with zero attached hydrogens (tertiary/aromatic N) is 3. The number of anilines is 3. The van der Waals surface area contributed by atoms with Crippen LogP contribution in [-0.4, -0.2) is 33.0 Å². The lowest BCUT2D eigenvalue weighted by atomic mass is 10.1. The highest BCUT2D eigenvalue weighted by Gasteiger charge is 2.09. The molecule has 0 unspecified atom stereocenters. The van der Waals surface area contributed by atoms with Crippen LogP contribution in [0.3, 0.4) is 0 Å². The lowest BCUT2D eigenvalue weighted by Gasteiger charge is -2.12. The third-order valence-electron chi connectivity index (χ3n) is 4.69. The average molecular weight is 422 g/mol. The number of aromatic nitrogens is 4. The van der Waals surface area contributed by atoms with Crippen LogP contribution in [0.5, 0.6) is 0 Å². The summed E-state index contributed by atoms with van der Waals surface area (Å²) in [5.41, 5.74) is 9.83. The van der Waals surface area contributed by atoms with Crippen molar-refractivity contribution in [2.75, 3.05) is 29.5 Å². The first kappa shape index (κ1) is 19.7. The van der Waals surface area contributed by atoms with Gasteiger partial charge in [0, 0.05) is 35.4 Å². The summed E-state index contributed by atoms with van der Waals surface area (Å²) >= 11 is 6.23. The molecule has 0 aliphatic rings. The van der Waals surface area contributed by atoms with Gasteiger partial charge in [-0.15, -0.1) is 0 Å². The van der Waals surface area contributed by atoms with Crippen LogP contribution in [0.15, 0.2) is 53.6 Å². The molecule has 30 heavy (non-hydrogen) atoms. The Labute approximate surface area is 177 Å². The van der Waals surface area contributed by atoms with Crippen molar-refractivity contribution in [3.05, 3.63) is 69.7 Å². The average Bonchev–Trinajstić information content (AvgIpc) is 2.73. The Kier molecular flexibility index (Phi) is 5.49. The Morgan fingerprint density at radius 1 is 1.10 bits per heavy atom. The number of nitrogen functional groups attached to an aromatic ring is 1. The van der Waals surface area contributed by atoms with E-state index in [1.807, 2.05) is 43.3 Å². The van der Waals surface area contributed by atoms with Crippen molar-refractivity contribution in [1.82, 2.24) is 19.9 Å². The molecule has 2 aromatic carbocycles. The molecule has 5 N–H and O–H groups in total. The molecule has 4 aromatic rings. The maximum absolute atomic E-state index is 11.7. The van der Waals surface area contributed by atoms with Crippen molar-refractivity contribution < 1.29 is 0 Å². The van der Waals surface area contributed by atoms with Gasteiger partial charge in [0.15, 0.2) is 0 Å². The van der Waals surface area contributed by atoms with Gasteiger partial charge in [0.25, 0.3) is 5.56 Å². The number of rotatable bonds is 6. The highest BCUT2D eigenvalue weighted by atomic mass is 35.5. The lowest BCUT2D eigenvalue weighted by Crippen LogP contribution is -2.15. The first-order chi connectivity index (χ1) is 14.5. The van der Waals surface area contributed by atoms with Gasteiger partial charge in [-0.2, -0.15) is 4.98 Å². The molecule has 0 aliphatic heterocycles. The number of H-pyrrole nitrogens is 1. The summed E-state index contributed by atoms with van der Waals surface area (Å²) in [5, 5.41) is 7.78. The Morgan fingerprint density at radius 2 is 1.93 bits per heavy atom. The molecule has 2 aromatic heterocycles. The minimum absolute atomic E-state index is 0.152. The molecule has 0 radical (unpaired) electrons. The number of nitrogens with one attached hydrogen (secondary N) is 3. The van der Waals surface area contributed by atoms with Crippen LogP contribution in [0.1, 0.15) is 5.56 Å². The summed E-state index contributed by atoms with van der Waals surface area (Å²) in [6, 6.07) is 13.0. The van der Waals surface area contributed by atoms with Crippen LogP contribution in [0.4, 0.5) is 17.5 Å². The van der Waals surface area contributed by atoms with Crippen LogP contribution < -0.4 is 21.9 Å². The largest absolute Gasteiger partial charge is 0.383 e. The lowest BCUT2D eigenvalue weighted by molar-refractivity contribution is 1.05. The van der Waals surface area contributed by atoms with E-state index in [2.05, 4.69) is 30.6 Å². The summed E-state index contributed by atoms with van der Waals surface area (Å²) in [7, 11) is 0.